The van der Waals surface area contributed by atoms with Gasteiger partial charge in [-0.15, -0.1) is 11.8 Å². The summed E-state index contributed by atoms with van der Waals surface area (Å²) in [6.45, 7) is 5.63. The number of fused-ring (bicyclic) bond motifs is 1. The Hall–Kier alpha value is -4.24. The van der Waals surface area contributed by atoms with Crippen LogP contribution in [0.5, 0.6) is 11.5 Å². The van der Waals surface area contributed by atoms with Gasteiger partial charge in [-0.2, -0.15) is 5.10 Å². The monoisotopic (exact) mass is 610 g/mol. The zero-order valence-electron chi connectivity index (χ0n) is 25.7. The topological polar surface area (TPSA) is 76.9 Å². The van der Waals surface area contributed by atoms with Gasteiger partial charge in [-0.25, -0.2) is 4.68 Å². The fraction of sp³-hybridized carbons (Fsp3) is 0.343. The van der Waals surface area contributed by atoms with Crippen molar-refractivity contribution in [3.63, 3.8) is 0 Å². The van der Waals surface area contributed by atoms with Crippen molar-refractivity contribution >= 4 is 29.4 Å². The molecule has 0 unspecified atom stereocenters. The maximum absolute atomic E-state index is 14.1. The molecule has 3 aromatic carbocycles. The van der Waals surface area contributed by atoms with Gasteiger partial charge in [-0.3, -0.25) is 14.5 Å². The first-order chi connectivity index (χ1) is 21.4. The van der Waals surface area contributed by atoms with E-state index in [-0.39, 0.29) is 29.4 Å². The van der Waals surface area contributed by atoms with Gasteiger partial charge < -0.3 is 14.4 Å². The molecule has 1 saturated heterocycles. The summed E-state index contributed by atoms with van der Waals surface area (Å²) in [7, 11) is 3.29. The molecule has 2 amide bonds. The Bertz CT molecular complexity index is 1650. The van der Waals surface area contributed by atoms with Crippen LogP contribution in [-0.4, -0.2) is 66.1 Å². The molecular weight excluding hydrogens is 572 g/mol. The minimum atomic E-state index is -0.329. The van der Waals surface area contributed by atoms with Gasteiger partial charge >= 0.3 is 0 Å². The SMILES string of the molecule is COc1ccc(OC)c([C@@H]2SCC(=O)N(CC(=O)N3CCC(C)CC3)c3c2c(-c2ccccc2)nn3-c2ccc(C)cc2)c1. The number of nitrogens with zero attached hydrogens (tertiary/aromatic N) is 4. The second kappa shape index (κ2) is 12.8. The van der Waals surface area contributed by atoms with Crippen molar-refractivity contribution in [3.05, 3.63) is 89.5 Å². The molecule has 0 spiro atoms. The molecule has 0 N–H and O–H groups in total. The number of methoxy groups -OCH3 is 2. The third kappa shape index (κ3) is 5.80. The number of benzene rings is 3. The second-order valence-electron chi connectivity index (χ2n) is 11.5. The Morgan fingerprint density at radius 3 is 2.39 bits per heavy atom. The number of thioether (sulfide) groups is 1. The Labute approximate surface area is 263 Å². The number of ether oxygens (including phenoxy) is 2. The van der Waals surface area contributed by atoms with Gasteiger partial charge in [0.1, 0.15) is 23.9 Å². The summed E-state index contributed by atoms with van der Waals surface area (Å²) >= 11 is 1.52. The van der Waals surface area contributed by atoms with E-state index < -0.39 is 0 Å². The molecule has 0 bridgehead atoms. The number of amides is 2. The van der Waals surface area contributed by atoms with Gasteiger partial charge in [0.2, 0.25) is 11.8 Å². The molecule has 1 fully saturated rings. The zero-order valence-corrected chi connectivity index (χ0v) is 26.5. The predicted octanol–water partition coefficient (Wildman–Crippen LogP) is 6.29. The molecule has 0 aliphatic carbocycles. The van der Waals surface area contributed by atoms with E-state index in [9.17, 15) is 9.59 Å². The number of rotatable bonds is 7. The Kier molecular flexibility index (Phi) is 8.66. The first-order valence-corrected chi connectivity index (χ1v) is 16.1. The van der Waals surface area contributed by atoms with Crippen molar-refractivity contribution in [2.75, 3.05) is 44.5 Å². The summed E-state index contributed by atoms with van der Waals surface area (Å²) in [6.07, 6.45) is 1.94. The fourth-order valence-corrected chi connectivity index (χ4v) is 7.19. The highest BCUT2D eigenvalue weighted by Crippen LogP contribution is 2.51. The van der Waals surface area contributed by atoms with Gasteiger partial charge in [0.05, 0.1) is 36.6 Å². The van der Waals surface area contributed by atoms with Crippen molar-refractivity contribution in [3.8, 4) is 28.4 Å². The fourth-order valence-electron chi connectivity index (χ4n) is 5.98. The standard InChI is InChI=1S/C35H38N4O4S/c1-23-10-12-26(13-11-23)39-35-32(33(36-39)25-8-6-5-7-9-25)34(28-20-27(42-3)14-15-29(28)43-4)44-22-31(41)38(35)21-30(40)37-18-16-24(2)17-19-37/h5-15,20,24,34H,16-19,21-22H2,1-4H3/t34-/m0/s1. The molecule has 4 aromatic rings. The smallest absolute Gasteiger partial charge is 0.242 e. The van der Waals surface area contributed by atoms with Gasteiger partial charge in [0.15, 0.2) is 0 Å². The Morgan fingerprint density at radius 1 is 0.977 bits per heavy atom. The van der Waals surface area contributed by atoms with E-state index in [0.29, 0.717) is 36.3 Å². The highest BCUT2D eigenvalue weighted by atomic mass is 32.2. The maximum Gasteiger partial charge on any atom is 0.242 e. The summed E-state index contributed by atoms with van der Waals surface area (Å²) in [5.74, 6) is 2.59. The lowest BCUT2D eigenvalue weighted by Gasteiger charge is -2.32. The summed E-state index contributed by atoms with van der Waals surface area (Å²) in [5, 5.41) is 4.88. The number of carbonyl (C=O) groups excluding carboxylic acids is 2. The van der Waals surface area contributed by atoms with E-state index in [1.807, 2.05) is 89.3 Å². The lowest BCUT2D eigenvalue weighted by atomic mass is 9.98. The molecule has 0 radical (unpaired) electrons. The van der Waals surface area contributed by atoms with E-state index in [1.54, 1.807) is 19.1 Å². The van der Waals surface area contributed by atoms with Crippen LogP contribution in [0, 0.1) is 12.8 Å². The van der Waals surface area contributed by atoms with Crippen molar-refractivity contribution in [1.29, 1.82) is 0 Å². The lowest BCUT2D eigenvalue weighted by Crippen LogP contribution is -2.46. The van der Waals surface area contributed by atoms with Crippen molar-refractivity contribution in [1.82, 2.24) is 14.7 Å². The second-order valence-corrected chi connectivity index (χ2v) is 12.6. The lowest BCUT2D eigenvalue weighted by molar-refractivity contribution is -0.132. The average Bonchev–Trinajstić information content (AvgIpc) is 3.38. The molecule has 1 atom stereocenters. The van der Waals surface area contributed by atoms with Crippen LogP contribution < -0.4 is 14.4 Å². The summed E-state index contributed by atoms with van der Waals surface area (Å²) in [6, 6.07) is 23.8. The van der Waals surface area contributed by atoms with Crippen molar-refractivity contribution in [2.24, 2.45) is 5.92 Å². The van der Waals surface area contributed by atoms with E-state index in [2.05, 4.69) is 6.92 Å². The first kappa shape index (κ1) is 29.8. The molecule has 44 heavy (non-hydrogen) atoms. The molecule has 1 aromatic heterocycles. The van der Waals surface area contributed by atoms with Crippen LogP contribution in [-0.2, 0) is 9.59 Å². The van der Waals surface area contributed by atoms with E-state index in [1.165, 1.54) is 11.8 Å². The Balaban J connectivity index is 1.59. The van der Waals surface area contributed by atoms with Gasteiger partial charge in [-0.1, -0.05) is 55.0 Å². The van der Waals surface area contributed by atoms with Crippen LogP contribution in [0.3, 0.4) is 0 Å². The highest BCUT2D eigenvalue weighted by Gasteiger charge is 2.39. The molecule has 2 aliphatic heterocycles. The first-order valence-electron chi connectivity index (χ1n) is 15.0. The number of hydrogen-bond donors (Lipinski definition) is 0. The van der Waals surface area contributed by atoms with E-state index >= 15 is 0 Å². The molecule has 9 heteroatoms. The molecule has 3 heterocycles. The van der Waals surface area contributed by atoms with Crippen LogP contribution in [0.2, 0.25) is 0 Å². The van der Waals surface area contributed by atoms with Crippen molar-refractivity contribution < 1.29 is 19.1 Å². The molecule has 8 nitrogen and oxygen atoms in total. The minimum absolute atomic E-state index is 0.0449. The summed E-state index contributed by atoms with van der Waals surface area (Å²) in [5.41, 5.74) is 5.35. The number of likely N-dealkylation sites (tertiary alicyclic amines) is 1. The van der Waals surface area contributed by atoms with E-state index in [4.69, 9.17) is 14.6 Å². The number of aryl methyl sites for hydroxylation is 1. The predicted molar refractivity (Wildman–Crippen MR) is 175 cm³/mol. The molecule has 6 rings (SSSR count). The highest BCUT2D eigenvalue weighted by molar-refractivity contribution is 8.00. The average molecular weight is 611 g/mol. The van der Waals surface area contributed by atoms with E-state index in [0.717, 1.165) is 46.5 Å². The van der Waals surface area contributed by atoms with Gasteiger partial charge in [0.25, 0.3) is 0 Å². The van der Waals surface area contributed by atoms with Crippen LogP contribution in [0.1, 0.15) is 41.7 Å². The largest absolute Gasteiger partial charge is 0.497 e. The number of anilines is 1. The third-order valence-corrected chi connectivity index (χ3v) is 9.80. The van der Waals surface area contributed by atoms with Gasteiger partial charge in [0, 0.05) is 29.8 Å². The van der Waals surface area contributed by atoms with Crippen LogP contribution in [0.4, 0.5) is 5.82 Å². The minimum Gasteiger partial charge on any atom is -0.497 e. The molecular formula is C35H38N4O4S. The Morgan fingerprint density at radius 2 is 1.70 bits per heavy atom. The maximum atomic E-state index is 14.1. The normalized spacial score (nSPS) is 17.3. The quantitative estimate of drug-likeness (QED) is 0.245. The number of carbonyl (C=O) groups is 2. The molecule has 228 valence electrons. The number of hydrogen-bond acceptors (Lipinski definition) is 6. The zero-order chi connectivity index (χ0) is 30.8. The van der Waals surface area contributed by atoms with Crippen molar-refractivity contribution in [2.45, 2.75) is 31.9 Å². The van der Waals surface area contributed by atoms with Gasteiger partial charge in [-0.05, 0) is 56.0 Å². The number of aromatic nitrogens is 2. The summed E-state index contributed by atoms with van der Waals surface area (Å²) in [4.78, 5) is 31.5. The third-order valence-electron chi connectivity index (χ3n) is 8.56. The number of piperidine rings is 1. The molecule has 0 saturated carbocycles. The van der Waals surface area contributed by atoms with Crippen LogP contribution in [0.25, 0.3) is 16.9 Å². The molecule has 2 aliphatic rings. The summed E-state index contributed by atoms with van der Waals surface area (Å²) < 4.78 is 13.3. The van der Waals surface area contributed by atoms with Crippen LogP contribution >= 0.6 is 11.8 Å². The van der Waals surface area contributed by atoms with Crippen LogP contribution in [0.15, 0.2) is 72.8 Å².